The number of nitrogens with zero attached hydrogens (tertiary/aromatic N) is 2. The van der Waals surface area contributed by atoms with Crippen LogP contribution in [-0.4, -0.2) is 16.6 Å². The minimum absolute atomic E-state index is 0.0482. The van der Waals surface area contributed by atoms with Crippen LogP contribution in [-0.2, 0) is 0 Å². The number of nitrogens with one attached hydrogen (secondary N) is 1. The van der Waals surface area contributed by atoms with Crippen LogP contribution in [0.2, 0.25) is 0 Å². The Kier molecular flexibility index (Phi) is 6.35. The summed E-state index contributed by atoms with van der Waals surface area (Å²) in [7, 11) is 0. The Labute approximate surface area is 107 Å². The number of aromatic nitrogens is 2. The number of rotatable bonds is 8. The molecule has 1 aromatic rings. The maximum absolute atomic E-state index is 13.4. The van der Waals surface area contributed by atoms with Gasteiger partial charge in [0.25, 0.3) is 5.88 Å². The van der Waals surface area contributed by atoms with E-state index in [1.54, 1.807) is 0 Å². The van der Waals surface area contributed by atoms with Crippen molar-refractivity contribution in [2.24, 2.45) is 11.8 Å². The van der Waals surface area contributed by atoms with Crippen molar-refractivity contribution in [3.05, 3.63) is 12.0 Å². The largest absolute Gasteiger partial charge is 0.475 e. The van der Waals surface area contributed by atoms with Crippen LogP contribution in [0.15, 0.2) is 6.20 Å². The standard InChI is InChI=1S/C12H21FN4O/c1-3-5-6-9(4-2)8-18-11-10(13)7-15-12(16-11)17-14/h7,9H,3-6,8,14H2,1-2H3,(H,15,16,17). The number of nitrogens with two attached hydrogens (primary N) is 1. The minimum Gasteiger partial charge on any atom is -0.475 e. The van der Waals surface area contributed by atoms with Crippen LogP contribution in [0, 0.1) is 11.7 Å². The topological polar surface area (TPSA) is 73.1 Å². The lowest BCUT2D eigenvalue weighted by Gasteiger charge is -2.15. The highest BCUT2D eigenvalue weighted by Gasteiger charge is 2.11. The van der Waals surface area contributed by atoms with Crippen molar-refractivity contribution in [1.82, 2.24) is 9.97 Å². The Balaban J connectivity index is 2.55. The number of hydrogen-bond acceptors (Lipinski definition) is 5. The number of hydrazine groups is 1. The third-order valence-electron chi connectivity index (χ3n) is 2.84. The Morgan fingerprint density at radius 3 is 2.89 bits per heavy atom. The van der Waals surface area contributed by atoms with Gasteiger partial charge < -0.3 is 4.74 Å². The Morgan fingerprint density at radius 1 is 1.50 bits per heavy atom. The van der Waals surface area contributed by atoms with E-state index in [4.69, 9.17) is 10.6 Å². The summed E-state index contributed by atoms with van der Waals surface area (Å²) in [5.41, 5.74) is 2.26. The third-order valence-corrected chi connectivity index (χ3v) is 2.84. The molecule has 1 aromatic heterocycles. The van der Waals surface area contributed by atoms with E-state index in [0.717, 1.165) is 31.9 Å². The monoisotopic (exact) mass is 256 g/mol. The van der Waals surface area contributed by atoms with E-state index in [1.807, 2.05) is 0 Å². The van der Waals surface area contributed by atoms with E-state index >= 15 is 0 Å². The molecule has 102 valence electrons. The average Bonchev–Trinajstić information content (AvgIpc) is 2.40. The van der Waals surface area contributed by atoms with Gasteiger partial charge in [-0.05, 0) is 12.3 Å². The van der Waals surface area contributed by atoms with Gasteiger partial charge in [0.15, 0.2) is 0 Å². The van der Waals surface area contributed by atoms with E-state index in [-0.39, 0.29) is 11.8 Å². The summed E-state index contributed by atoms with van der Waals surface area (Å²) < 4.78 is 18.8. The van der Waals surface area contributed by atoms with Crippen LogP contribution in [0.5, 0.6) is 5.88 Å². The first-order valence-electron chi connectivity index (χ1n) is 6.33. The van der Waals surface area contributed by atoms with Crippen molar-refractivity contribution in [1.29, 1.82) is 0 Å². The molecule has 0 saturated carbocycles. The number of hydrogen-bond donors (Lipinski definition) is 2. The first kappa shape index (κ1) is 14.6. The van der Waals surface area contributed by atoms with Crippen molar-refractivity contribution >= 4 is 5.95 Å². The van der Waals surface area contributed by atoms with Gasteiger partial charge >= 0.3 is 0 Å². The molecule has 18 heavy (non-hydrogen) atoms. The average molecular weight is 256 g/mol. The van der Waals surface area contributed by atoms with Gasteiger partial charge in [-0.15, -0.1) is 0 Å². The SMILES string of the molecule is CCCCC(CC)COc1nc(NN)ncc1F. The maximum atomic E-state index is 13.4. The highest BCUT2D eigenvalue weighted by atomic mass is 19.1. The number of anilines is 1. The van der Waals surface area contributed by atoms with Gasteiger partial charge in [0, 0.05) is 0 Å². The van der Waals surface area contributed by atoms with Gasteiger partial charge in [-0.25, -0.2) is 10.8 Å². The molecular weight excluding hydrogens is 235 g/mol. The summed E-state index contributed by atoms with van der Waals surface area (Å²) in [6, 6.07) is 0. The second-order valence-corrected chi connectivity index (χ2v) is 4.22. The zero-order chi connectivity index (χ0) is 13.4. The zero-order valence-electron chi connectivity index (χ0n) is 10.9. The third kappa shape index (κ3) is 4.44. The molecule has 0 aliphatic heterocycles. The molecule has 0 bridgehead atoms. The lowest BCUT2D eigenvalue weighted by Crippen LogP contribution is -2.15. The second-order valence-electron chi connectivity index (χ2n) is 4.22. The van der Waals surface area contributed by atoms with Gasteiger partial charge in [-0.1, -0.05) is 33.1 Å². The summed E-state index contributed by atoms with van der Waals surface area (Å²) in [5.74, 6) is 5.12. The lowest BCUT2D eigenvalue weighted by atomic mass is 10.0. The first-order valence-corrected chi connectivity index (χ1v) is 6.33. The fraction of sp³-hybridized carbons (Fsp3) is 0.667. The summed E-state index contributed by atoms with van der Waals surface area (Å²) >= 11 is 0. The highest BCUT2D eigenvalue weighted by Crippen LogP contribution is 2.18. The normalized spacial score (nSPS) is 12.2. The molecule has 5 nitrogen and oxygen atoms in total. The molecule has 6 heteroatoms. The summed E-state index contributed by atoms with van der Waals surface area (Å²) in [6.45, 7) is 4.72. The molecular formula is C12H21FN4O. The van der Waals surface area contributed by atoms with E-state index in [1.165, 1.54) is 0 Å². The van der Waals surface area contributed by atoms with E-state index in [9.17, 15) is 4.39 Å². The Morgan fingerprint density at radius 2 is 2.28 bits per heavy atom. The van der Waals surface area contributed by atoms with Gasteiger partial charge in [0.1, 0.15) is 0 Å². The molecule has 0 aliphatic carbocycles. The van der Waals surface area contributed by atoms with Crippen molar-refractivity contribution in [2.75, 3.05) is 12.0 Å². The lowest BCUT2D eigenvalue weighted by molar-refractivity contribution is 0.216. The molecule has 1 unspecified atom stereocenters. The van der Waals surface area contributed by atoms with E-state index < -0.39 is 5.82 Å². The number of unbranched alkanes of at least 4 members (excludes halogenated alkanes) is 1. The molecule has 0 aliphatic rings. The Bertz CT molecular complexity index is 362. The molecule has 0 amide bonds. The first-order chi connectivity index (χ1) is 8.71. The molecule has 0 aromatic carbocycles. The maximum Gasteiger partial charge on any atom is 0.255 e. The van der Waals surface area contributed by atoms with Crippen LogP contribution in [0.1, 0.15) is 39.5 Å². The fourth-order valence-corrected chi connectivity index (χ4v) is 1.62. The number of ether oxygens (including phenoxy) is 1. The van der Waals surface area contributed by atoms with Crippen molar-refractivity contribution in [3.63, 3.8) is 0 Å². The van der Waals surface area contributed by atoms with Crippen LogP contribution in [0.25, 0.3) is 0 Å². The van der Waals surface area contributed by atoms with Crippen molar-refractivity contribution in [2.45, 2.75) is 39.5 Å². The molecule has 0 saturated heterocycles. The molecule has 0 spiro atoms. The molecule has 1 heterocycles. The number of nitrogen functional groups attached to an aromatic ring is 1. The predicted molar refractivity (Wildman–Crippen MR) is 68.6 cm³/mol. The van der Waals surface area contributed by atoms with Gasteiger partial charge in [0.05, 0.1) is 12.8 Å². The predicted octanol–water partition coefficient (Wildman–Crippen LogP) is 2.50. The van der Waals surface area contributed by atoms with Gasteiger partial charge in [-0.3, -0.25) is 5.43 Å². The second kappa shape index (κ2) is 7.81. The zero-order valence-corrected chi connectivity index (χ0v) is 10.9. The van der Waals surface area contributed by atoms with Gasteiger partial charge in [0.2, 0.25) is 11.8 Å². The molecule has 3 N–H and O–H groups in total. The van der Waals surface area contributed by atoms with Crippen LogP contribution in [0.3, 0.4) is 0 Å². The fourth-order valence-electron chi connectivity index (χ4n) is 1.62. The summed E-state index contributed by atoms with van der Waals surface area (Å²) in [6.07, 6.45) is 5.45. The minimum atomic E-state index is -0.570. The molecule has 0 fully saturated rings. The molecule has 0 radical (unpaired) electrons. The van der Waals surface area contributed by atoms with E-state index in [2.05, 4.69) is 29.2 Å². The highest BCUT2D eigenvalue weighted by molar-refractivity contribution is 5.26. The molecule has 1 atom stereocenters. The van der Waals surface area contributed by atoms with Crippen LogP contribution < -0.4 is 16.0 Å². The summed E-state index contributed by atoms with van der Waals surface area (Å²) in [4.78, 5) is 7.48. The molecule has 1 rings (SSSR count). The van der Waals surface area contributed by atoms with Crippen LogP contribution in [0.4, 0.5) is 10.3 Å². The van der Waals surface area contributed by atoms with Gasteiger partial charge in [-0.2, -0.15) is 9.37 Å². The number of halogens is 1. The Hall–Kier alpha value is -1.43. The summed E-state index contributed by atoms with van der Waals surface area (Å²) in [5, 5.41) is 0. The van der Waals surface area contributed by atoms with Crippen LogP contribution >= 0.6 is 0 Å². The van der Waals surface area contributed by atoms with Crippen molar-refractivity contribution in [3.8, 4) is 5.88 Å². The van der Waals surface area contributed by atoms with E-state index in [0.29, 0.717) is 12.5 Å². The smallest absolute Gasteiger partial charge is 0.255 e. The van der Waals surface area contributed by atoms with Crippen molar-refractivity contribution < 1.29 is 9.13 Å². The quantitative estimate of drug-likeness (QED) is 0.552.